The summed E-state index contributed by atoms with van der Waals surface area (Å²) in [7, 11) is 0. The lowest BCUT2D eigenvalue weighted by Gasteiger charge is -2.28. The Hall–Kier alpha value is -2.22. The fourth-order valence-corrected chi connectivity index (χ4v) is 3.94. The lowest BCUT2D eigenvalue weighted by molar-refractivity contribution is 0.133. The van der Waals surface area contributed by atoms with Gasteiger partial charge in [-0.1, -0.05) is 48.6 Å². The van der Waals surface area contributed by atoms with Crippen LogP contribution in [0.15, 0.2) is 72.8 Å². The first-order valence-electron chi connectivity index (χ1n) is 8.44. The fourth-order valence-electron chi connectivity index (χ4n) is 3.94. The van der Waals surface area contributed by atoms with Gasteiger partial charge < -0.3 is 9.47 Å². The van der Waals surface area contributed by atoms with Crippen molar-refractivity contribution >= 4 is 0 Å². The van der Waals surface area contributed by atoms with Gasteiger partial charge in [-0.3, -0.25) is 0 Å². The molecule has 2 aromatic carbocycles. The standard InChI is InChI=1S/C21H22O2/c1-3-7-18(8-4-1)22-14-20-16-11-12-17(13-16)21(20)15-23-19-9-5-2-6-10-19/h1-12,16-17,20-21H,13-15H2. The molecule has 2 nitrogen and oxygen atoms in total. The van der Waals surface area contributed by atoms with Gasteiger partial charge in [0.05, 0.1) is 13.2 Å². The van der Waals surface area contributed by atoms with Crippen LogP contribution in [-0.4, -0.2) is 13.2 Å². The summed E-state index contributed by atoms with van der Waals surface area (Å²) in [5.41, 5.74) is 0. The number of hydrogen-bond acceptors (Lipinski definition) is 2. The van der Waals surface area contributed by atoms with Crippen molar-refractivity contribution < 1.29 is 9.47 Å². The zero-order valence-corrected chi connectivity index (χ0v) is 13.2. The maximum atomic E-state index is 6.04. The number of allylic oxidation sites excluding steroid dienone is 2. The van der Waals surface area contributed by atoms with Gasteiger partial charge in [0.2, 0.25) is 0 Å². The van der Waals surface area contributed by atoms with Crippen molar-refractivity contribution in [1.29, 1.82) is 0 Å². The third-order valence-corrected chi connectivity index (χ3v) is 5.17. The summed E-state index contributed by atoms with van der Waals surface area (Å²) in [4.78, 5) is 0. The van der Waals surface area contributed by atoms with E-state index in [-0.39, 0.29) is 0 Å². The highest BCUT2D eigenvalue weighted by atomic mass is 16.5. The van der Waals surface area contributed by atoms with Crippen molar-refractivity contribution in [2.45, 2.75) is 6.42 Å². The van der Waals surface area contributed by atoms with E-state index in [9.17, 15) is 0 Å². The second-order valence-electron chi connectivity index (χ2n) is 6.52. The van der Waals surface area contributed by atoms with Crippen molar-refractivity contribution in [1.82, 2.24) is 0 Å². The number of fused-ring (bicyclic) bond motifs is 2. The van der Waals surface area contributed by atoms with Crippen LogP contribution in [0.4, 0.5) is 0 Å². The van der Waals surface area contributed by atoms with Crippen molar-refractivity contribution in [2.24, 2.45) is 23.7 Å². The molecule has 4 unspecified atom stereocenters. The molecule has 2 aliphatic carbocycles. The minimum atomic E-state index is 0.550. The summed E-state index contributed by atoms with van der Waals surface area (Å²) in [6.45, 7) is 1.55. The van der Waals surface area contributed by atoms with Gasteiger partial charge in [0, 0.05) is 11.8 Å². The largest absolute Gasteiger partial charge is 0.493 e. The second kappa shape index (κ2) is 6.49. The van der Waals surface area contributed by atoms with E-state index < -0.39 is 0 Å². The lowest BCUT2D eigenvalue weighted by Crippen LogP contribution is -2.30. The van der Waals surface area contributed by atoms with Crippen molar-refractivity contribution in [3.8, 4) is 11.5 Å². The molecule has 0 heterocycles. The smallest absolute Gasteiger partial charge is 0.119 e. The number of hydrogen-bond donors (Lipinski definition) is 0. The molecule has 2 bridgehead atoms. The number of rotatable bonds is 6. The van der Waals surface area contributed by atoms with Crippen LogP contribution in [0.3, 0.4) is 0 Å². The van der Waals surface area contributed by atoms with Gasteiger partial charge in [0.25, 0.3) is 0 Å². The minimum absolute atomic E-state index is 0.550. The van der Waals surface area contributed by atoms with Crippen molar-refractivity contribution in [3.05, 3.63) is 72.8 Å². The van der Waals surface area contributed by atoms with Gasteiger partial charge >= 0.3 is 0 Å². The number of benzene rings is 2. The van der Waals surface area contributed by atoms with Crippen LogP contribution in [-0.2, 0) is 0 Å². The molecule has 1 saturated carbocycles. The first-order valence-corrected chi connectivity index (χ1v) is 8.44. The van der Waals surface area contributed by atoms with E-state index in [2.05, 4.69) is 12.2 Å². The third kappa shape index (κ3) is 3.12. The molecule has 0 amide bonds. The Morgan fingerprint density at radius 2 is 1.09 bits per heavy atom. The van der Waals surface area contributed by atoms with Crippen molar-refractivity contribution in [3.63, 3.8) is 0 Å². The molecule has 0 aromatic heterocycles. The molecule has 0 saturated heterocycles. The third-order valence-electron chi connectivity index (χ3n) is 5.17. The molecule has 4 atom stereocenters. The Kier molecular flexibility index (Phi) is 4.06. The molecule has 2 heteroatoms. The van der Waals surface area contributed by atoms with Crippen LogP contribution in [0.2, 0.25) is 0 Å². The average molecular weight is 306 g/mol. The van der Waals surface area contributed by atoms with E-state index in [1.807, 2.05) is 60.7 Å². The van der Waals surface area contributed by atoms with Gasteiger partial charge in [-0.15, -0.1) is 0 Å². The Morgan fingerprint density at radius 3 is 1.52 bits per heavy atom. The minimum Gasteiger partial charge on any atom is -0.493 e. The SMILES string of the molecule is C1=CC2CC1C(COc1ccccc1)C2COc1ccccc1. The molecule has 118 valence electrons. The monoisotopic (exact) mass is 306 g/mol. The molecular formula is C21H22O2. The molecule has 2 aliphatic rings. The molecule has 2 aromatic rings. The van der Waals surface area contributed by atoms with Gasteiger partial charge in [0.1, 0.15) is 11.5 Å². The Bertz CT molecular complexity index is 593. The van der Waals surface area contributed by atoms with E-state index in [1.165, 1.54) is 6.42 Å². The van der Waals surface area contributed by atoms with Crippen LogP contribution in [0.1, 0.15) is 6.42 Å². The molecule has 0 radical (unpaired) electrons. The summed E-state index contributed by atoms with van der Waals surface area (Å²) in [5.74, 6) is 4.31. The summed E-state index contributed by atoms with van der Waals surface area (Å²) in [6.07, 6.45) is 6.01. The summed E-state index contributed by atoms with van der Waals surface area (Å²) >= 11 is 0. The Labute approximate surface area is 137 Å². The number of para-hydroxylation sites is 2. The highest BCUT2D eigenvalue weighted by Gasteiger charge is 2.45. The van der Waals surface area contributed by atoms with E-state index in [0.29, 0.717) is 23.7 Å². The Balaban J connectivity index is 1.39. The zero-order valence-electron chi connectivity index (χ0n) is 13.2. The van der Waals surface area contributed by atoms with Crippen LogP contribution in [0.25, 0.3) is 0 Å². The maximum absolute atomic E-state index is 6.04. The van der Waals surface area contributed by atoms with E-state index in [1.54, 1.807) is 0 Å². The van der Waals surface area contributed by atoms with Crippen LogP contribution < -0.4 is 9.47 Å². The number of ether oxygens (including phenoxy) is 2. The van der Waals surface area contributed by atoms with Gasteiger partial charge in [0.15, 0.2) is 0 Å². The van der Waals surface area contributed by atoms with E-state index in [0.717, 1.165) is 24.7 Å². The molecule has 0 aliphatic heterocycles. The molecular weight excluding hydrogens is 284 g/mol. The average Bonchev–Trinajstić information content (AvgIpc) is 3.21. The van der Waals surface area contributed by atoms with Gasteiger partial charge in [-0.2, -0.15) is 0 Å². The predicted molar refractivity (Wildman–Crippen MR) is 91.6 cm³/mol. The molecule has 0 spiro atoms. The summed E-state index contributed by atoms with van der Waals surface area (Å²) in [6, 6.07) is 20.2. The first kappa shape index (κ1) is 14.4. The van der Waals surface area contributed by atoms with Gasteiger partial charge in [-0.05, 0) is 42.5 Å². The second-order valence-corrected chi connectivity index (χ2v) is 6.52. The molecule has 23 heavy (non-hydrogen) atoms. The highest BCUT2D eigenvalue weighted by molar-refractivity contribution is 5.23. The topological polar surface area (TPSA) is 18.5 Å². The molecule has 1 fully saturated rings. The van der Waals surface area contributed by atoms with E-state index >= 15 is 0 Å². The van der Waals surface area contributed by atoms with Crippen molar-refractivity contribution in [2.75, 3.05) is 13.2 Å². The normalized spacial score (nSPS) is 28.0. The molecule has 4 rings (SSSR count). The van der Waals surface area contributed by atoms with E-state index in [4.69, 9.17) is 9.47 Å². The maximum Gasteiger partial charge on any atom is 0.119 e. The lowest BCUT2D eigenvalue weighted by atomic mass is 9.84. The molecule has 0 N–H and O–H groups in total. The highest BCUT2D eigenvalue weighted by Crippen LogP contribution is 2.48. The van der Waals surface area contributed by atoms with Crippen LogP contribution >= 0.6 is 0 Å². The van der Waals surface area contributed by atoms with Crippen LogP contribution in [0.5, 0.6) is 11.5 Å². The fraction of sp³-hybridized carbons (Fsp3) is 0.333. The van der Waals surface area contributed by atoms with Crippen LogP contribution in [0, 0.1) is 23.7 Å². The summed E-state index contributed by atoms with van der Waals surface area (Å²) < 4.78 is 12.1. The Morgan fingerprint density at radius 1 is 0.652 bits per heavy atom. The zero-order chi connectivity index (χ0) is 15.5. The quantitative estimate of drug-likeness (QED) is 0.727. The summed E-state index contributed by atoms with van der Waals surface area (Å²) in [5, 5.41) is 0. The van der Waals surface area contributed by atoms with Gasteiger partial charge in [-0.25, -0.2) is 0 Å². The predicted octanol–water partition coefficient (Wildman–Crippen LogP) is 4.58. The first-order chi connectivity index (χ1) is 11.4.